The number of non-ortho nitro benzene ring substituents is 1. The van der Waals surface area contributed by atoms with Crippen LogP contribution in [0.5, 0.6) is 0 Å². The standard InChI is InChI=1S/C14H17N3O6/c1-9(13(20)15-7-3-6-12(18)19)16-14(21)10-4-2-5-11(8-10)17(22)23/h2,4-5,8-9H,3,6-7H2,1H3,(H,15,20)(H,16,21)(H,18,19). The van der Waals surface area contributed by atoms with Crippen molar-refractivity contribution in [1.29, 1.82) is 0 Å². The zero-order valence-electron chi connectivity index (χ0n) is 12.4. The summed E-state index contributed by atoms with van der Waals surface area (Å²) < 4.78 is 0. The van der Waals surface area contributed by atoms with Gasteiger partial charge in [0.1, 0.15) is 6.04 Å². The van der Waals surface area contributed by atoms with Crippen LogP contribution in [-0.2, 0) is 9.59 Å². The van der Waals surface area contributed by atoms with E-state index in [1.807, 2.05) is 0 Å². The maximum atomic E-state index is 12.0. The summed E-state index contributed by atoms with van der Waals surface area (Å²) in [4.78, 5) is 44.1. The minimum Gasteiger partial charge on any atom is -0.481 e. The van der Waals surface area contributed by atoms with Crippen molar-refractivity contribution in [1.82, 2.24) is 10.6 Å². The van der Waals surface area contributed by atoms with Gasteiger partial charge in [0.25, 0.3) is 11.6 Å². The molecule has 0 bridgehead atoms. The van der Waals surface area contributed by atoms with E-state index in [2.05, 4.69) is 10.6 Å². The van der Waals surface area contributed by atoms with Gasteiger partial charge in [-0.2, -0.15) is 0 Å². The fourth-order valence-electron chi connectivity index (χ4n) is 1.71. The Morgan fingerprint density at radius 2 is 2.04 bits per heavy atom. The molecule has 1 atom stereocenters. The maximum absolute atomic E-state index is 12.0. The molecule has 1 aromatic rings. The summed E-state index contributed by atoms with van der Waals surface area (Å²) in [6, 6.07) is 4.30. The summed E-state index contributed by atoms with van der Waals surface area (Å²) in [5.41, 5.74) is -0.145. The van der Waals surface area contributed by atoms with Crippen molar-refractivity contribution in [3.63, 3.8) is 0 Å². The van der Waals surface area contributed by atoms with Crippen LogP contribution in [0.3, 0.4) is 0 Å². The van der Waals surface area contributed by atoms with Gasteiger partial charge >= 0.3 is 5.97 Å². The Kier molecular flexibility index (Phi) is 6.66. The smallest absolute Gasteiger partial charge is 0.303 e. The Bertz CT molecular complexity index is 616. The first-order valence-corrected chi connectivity index (χ1v) is 6.86. The molecule has 0 saturated heterocycles. The molecule has 0 aliphatic heterocycles. The van der Waals surface area contributed by atoms with E-state index in [1.54, 1.807) is 0 Å². The molecule has 0 spiro atoms. The van der Waals surface area contributed by atoms with Gasteiger partial charge in [0.2, 0.25) is 5.91 Å². The molecule has 9 heteroatoms. The SMILES string of the molecule is CC(NC(=O)c1cccc([N+](=O)[O-])c1)C(=O)NCCCC(=O)O. The number of hydrogen-bond donors (Lipinski definition) is 3. The molecule has 2 amide bonds. The Labute approximate surface area is 131 Å². The number of carboxylic acid groups (broad SMARTS) is 1. The van der Waals surface area contributed by atoms with Gasteiger partial charge in [-0.05, 0) is 19.4 Å². The lowest BCUT2D eigenvalue weighted by molar-refractivity contribution is -0.384. The van der Waals surface area contributed by atoms with Crippen LogP contribution in [0, 0.1) is 10.1 Å². The fraction of sp³-hybridized carbons (Fsp3) is 0.357. The minimum absolute atomic E-state index is 0.0608. The van der Waals surface area contributed by atoms with Crippen molar-refractivity contribution >= 4 is 23.5 Å². The third-order valence-corrected chi connectivity index (χ3v) is 2.93. The van der Waals surface area contributed by atoms with Crippen LogP contribution < -0.4 is 10.6 Å². The van der Waals surface area contributed by atoms with Gasteiger partial charge in [-0.25, -0.2) is 0 Å². The van der Waals surface area contributed by atoms with Gasteiger partial charge in [-0.15, -0.1) is 0 Å². The summed E-state index contributed by atoms with van der Waals surface area (Å²) in [6.07, 6.45) is 0.224. The lowest BCUT2D eigenvalue weighted by atomic mass is 10.1. The van der Waals surface area contributed by atoms with Crippen LogP contribution >= 0.6 is 0 Å². The Balaban J connectivity index is 2.52. The molecule has 0 aromatic heterocycles. The second-order valence-corrected chi connectivity index (χ2v) is 4.79. The quantitative estimate of drug-likeness (QED) is 0.365. The highest BCUT2D eigenvalue weighted by Crippen LogP contribution is 2.13. The molecule has 0 heterocycles. The van der Waals surface area contributed by atoms with Crippen LogP contribution in [0.1, 0.15) is 30.1 Å². The van der Waals surface area contributed by atoms with Crippen molar-refractivity contribution in [2.45, 2.75) is 25.8 Å². The predicted molar refractivity (Wildman–Crippen MR) is 79.9 cm³/mol. The Hall–Kier alpha value is -2.97. The number of nitrogens with zero attached hydrogens (tertiary/aromatic N) is 1. The minimum atomic E-state index is -0.953. The molecule has 1 aromatic carbocycles. The number of nitrogens with one attached hydrogen (secondary N) is 2. The highest BCUT2D eigenvalue weighted by Gasteiger charge is 2.17. The molecular weight excluding hydrogens is 306 g/mol. The number of nitro benzene ring substituents is 1. The van der Waals surface area contributed by atoms with E-state index in [-0.39, 0.29) is 30.6 Å². The van der Waals surface area contributed by atoms with Gasteiger partial charge in [0.05, 0.1) is 4.92 Å². The first-order chi connectivity index (χ1) is 10.8. The van der Waals surface area contributed by atoms with Crippen LogP contribution in [-0.4, -0.2) is 40.4 Å². The average Bonchev–Trinajstić information content (AvgIpc) is 2.51. The fourth-order valence-corrected chi connectivity index (χ4v) is 1.71. The lowest BCUT2D eigenvalue weighted by Gasteiger charge is -2.14. The molecular formula is C14H17N3O6. The van der Waals surface area contributed by atoms with Crippen molar-refractivity contribution in [3.8, 4) is 0 Å². The number of carboxylic acids is 1. The van der Waals surface area contributed by atoms with E-state index in [4.69, 9.17) is 5.11 Å². The van der Waals surface area contributed by atoms with E-state index in [1.165, 1.54) is 25.1 Å². The zero-order valence-corrected chi connectivity index (χ0v) is 12.4. The van der Waals surface area contributed by atoms with E-state index < -0.39 is 28.7 Å². The molecule has 9 nitrogen and oxygen atoms in total. The van der Waals surface area contributed by atoms with Crippen molar-refractivity contribution < 1.29 is 24.4 Å². The summed E-state index contributed by atoms with van der Waals surface area (Å²) in [6.45, 7) is 1.64. The average molecular weight is 323 g/mol. The number of aliphatic carboxylic acids is 1. The number of hydrogen-bond acceptors (Lipinski definition) is 5. The van der Waals surface area contributed by atoms with Gasteiger partial charge in [-0.3, -0.25) is 24.5 Å². The van der Waals surface area contributed by atoms with Crippen LogP contribution in [0.25, 0.3) is 0 Å². The molecule has 0 radical (unpaired) electrons. The first kappa shape index (κ1) is 18.1. The first-order valence-electron chi connectivity index (χ1n) is 6.86. The molecule has 0 aliphatic rings. The monoisotopic (exact) mass is 323 g/mol. The summed E-state index contributed by atoms with van der Waals surface area (Å²) >= 11 is 0. The maximum Gasteiger partial charge on any atom is 0.303 e. The molecule has 124 valence electrons. The third kappa shape index (κ3) is 6.12. The second-order valence-electron chi connectivity index (χ2n) is 4.79. The number of carbonyl (C=O) groups is 3. The van der Waals surface area contributed by atoms with E-state index in [0.717, 1.165) is 6.07 Å². The molecule has 0 fully saturated rings. The summed E-state index contributed by atoms with van der Waals surface area (Å²) in [5, 5.41) is 24.1. The van der Waals surface area contributed by atoms with E-state index in [0.29, 0.717) is 0 Å². The Morgan fingerprint density at radius 1 is 1.35 bits per heavy atom. The van der Waals surface area contributed by atoms with Crippen molar-refractivity contribution in [2.75, 3.05) is 6.54 Å². The van der Waals surface area contributed by atoms with Crippen LogP contribution in [0.4, 0.5) is 5.69 Å². The molecule has 1 unspecified atom stereocenters. The van der Waals surface area contributed by atoms with Gasteiger partial charge < -0.3 is 15.7 Å². The van der Waals surface area contributed by atoms with Gasteiger partial charge in [0.15, 0.2) is 0 Å². The highest BCUT2D eigenvalue weighted by molar-refractivity contribution is 5.97. The van der Waals surface area contributed by atoms with Crippen LogP contribution in [0.2, 0.25) is 0 Å². The van der Waals surface area contributed by atoms with E-state index >= 15 is 0 Å². The number of benzene rings is 1. The largest absolute Gasteiger partial charge is 0.481 e. The summed E-state index contributed by atoms with van der Waals surface area (Å²) in [7, 11) is 0. The molecule has 0 saturated carbocycles. The second kappa shape index (κ2) is 8.47. The third-order valence-electron chi connectivity index (χ3n) is 2.93. The predicted octanol–water partition coefficient (Wildman–Crippen LogP) is 0.694. The van der Waals surface area contributed by atoms with Gasteiger partial charge in [-0.1, -0.05) is 6.07 Å². The van der Waals surface area contributed by atoms with Gasteiger partial charge in [0, 0.05) is 30.7 Å². The Morgan fingerprint density at radius 3 is 2.65 bits per heavy atom. The van der Waals surface area contributed by atoms with Crippen LogP contribution in [0.15, 0.2) is 24.3 Å². The normalized spacial score (nSPS) is 11.3. The molecule has 3 N–H and O–H groups in total. The topological polar surface area (TPSA) is 139 Å². The molecule has 0 aliphatic carbocycles. The van der Waals surface area contributed by atoms with Crippen molar-refractivity contribution in [2.24, 2.45) is 0 Å². The number of nitro groups is 1. The number of rotatable bonds is 8. The van der Waals surface area contributed by atoms with Crippen molar-refractivity contribution in [3.05, 3.63) is 39.9 Å². The zero-order chi connectivity index (χ0) is 17.4. The lowest BCUT2D eigenvalue weighted by Crippen LogP contribution is -2.45. The van der Waals surface area contributed by atoms with E-state index in [9.17, 15) is 24.5 Å². The number of amides is 2. The summed E-state index contributed by atoms with van der Waals surface area (Å²) in [5.74, 6) is -2.03. The highest BCUT2D eigenvalue weighted by atomic mass is 16.6. The molecule has 23 heavy (non-hydrogen) atoms. The number of carbonyl (C=O) groups excluding carboxylic acids is 2. The molecule has 1 rings (SSSR count).